The molecule has 0 fully saturated rings. The van der Waals surface area contributed by atoms with Gasteiger partial charge in [0.2, 0.25) is 0 Å². The number of hydrogen-bond acceptors (Lipinski definition) is 3. The second kappa shape index (κ2) is 7.65. The highest BCUT2D eigenvalue weighted by atomic mass is 16.5. The average Bonchev–Trinajstić information content (AvgIpc) is 3.05. The minimum Gasteiger partial charge on any atom is -0.355 e. The molecule has 130 valence electrons. The fourth-order valence-corrected chi connectivity index (χ4v) is 2.56. The molecule has 2 rings (SSSR count). The van der Waals surface area contributed by atoms with E-state index in [1.807, 2.05) is 12.1 Å². The third kappa shape index (κ3) is 4.47. The summed E-state index contributed by atoms with van der Waals surface area (Å²) in [4.78, 5) is 12.2. The maximum Gasteiger partial charge on any atom is 0.273 e. The van der Waals surface area contributed by atoms with Crippen LogP contribution < -0.4 is 5.32 Å². The van der Waals surface area contributed by atoms with Crippen LogP contribution in [0.4, 0.5) is 0 Å². The Morgan fingerprint density at radius 2 is 1.79 bits per heavy atom. The van der Waals surface area contributed by atoms with E-state index in [9.17, 15) is 4.79 Å². The average molecular weight is 328 g/mol. The summed E-state index contributed by atoms with van der Waals surface area (Å²) in [5.41, 5.74) is 2.62. The van der Waals surface area contributed by atoms with Gasteiger partial charge < -0.3 is 9.84 Å². The Labute approximate surface area is 144 Å². The van der Waals surface area contributed by atoms with E-state index in [-0.39, 0.29) is 11.3 Å². The molecule has 1 N–H and O–H groups in total. The van der Waals surface area contributed by atoms with Crippen LogP contribution >= 0.6 is 0 Å². The molecule has 24 heavy (non-hydrogen) atoms. The number of aromatic nitrogens is 1. The van der Waals surface area contributed by atoms with Gasteiger partial charge >= 0.3 is 0 Å². The summed E-state index contributed by atoms with van der Waals surface area (Å²) < 4.78 is 5.35. The predicted molar refractivity (Wildman–Crippen MR) is 97.0 cm³/mol. The van der Waals surface area contributed by atoms with Gasteiger partial charge in [0.15, 0.2) is 11.5 Å². The van der Waals surface area contributed by atoms with Crippen LogP contribution in [0.15, 0.2) is 34.9 Å². The van der Waals surface area contributed by atoms with Crippen molar-refractivity contribution in [3.63, 3.8) is 0 Å². The Kier molecular flexibility index (Phi) is 5.81. The minimum atomic E-state index is -0.178. The first-order chi connectivity index (χ1) is 11.3. The van der Waals surface area contributed by atoms with Crippen molar-refractivity contribution in [2.24, 2.45) is 5.92 Å². The zero-order chi connectivity index (χ0) is 17.7. The van der Waals surface area contributed by atoms with E-state index >= 15 is 0 Å². The van der Waals surface area contributed by atoms with Gasteiger partial charge in [0.05, 0.1) is 0 Å². The van der Waals surface area contributed by atoms with Gasteiger partial charge in [0.25, 0.3) is 5.91 Å². The van der Waals surface area contributed by atoms with Gasteiger partial charge in [-0.25, -0.2) is 0 Å². The van der Waals surface area contributed by atoms with Gasteiger partial charge in [-0.15, -0.1) is 0 Å². The van der Waals surface area contributed by atoms with Crippen molar-refractivity contribution in [1.82, 2.24) is 10.5 Å². The van der Waals surface area contributed by atoms with E-state index in [0.29, 0.717) is 23.9 Å². The molecule has 1 amide bonds. The minimum absolute atomic E-state index is 0.111. The Balaban J connectivity index is 2.06. The number of nitrogens with one attached hydrogen (secondary N) is 1. The molecular weight excluding hydrogens is 300 g/mol. The van der Waals surface area contributed by atoms with E-state index in [2.05, 4.69) is 57.2 Å². The summed E-state index contributed by atoms with van der Waals surface area (Å²) in [7, 11) is 0. The molecule has 0 atom stereocenters. The quantitative estimate of drug-likeness (QED) is 0.828. The summed E-state index contributed by atoms with van der Waals surface area (Å²) in [5, 5.41) is 6.84. The van der Waals surface area contributed by atoms with Crippen molar-refractivity contribution in [2.75, 3.05) is 6.54 Å². The third-order valence-electron chi connectivity index (χ3n) is 4.48. The molecular formula is C20H28N2O2. The van der Waals surface area contributed by atoms with Gasteiger partial charge in [-0.05, 0) is 16.9 Å². The summed E-state index contributed by atoms with van der Waals surface area (Å²) in [6.07, 6.45) is 2.11. The molecule has 0 aliphatic carbocycles. The highest BCUT2D eigenvalue weighted by Gasteiger charge is 2.16. The summed E-state index contributed by atoms with van der Waals surface area (Å²) in [6, 6.07) is 9.89. The maximum atomic E-state index is 12.2. The second-order valence-corrected chi connectivity index (χ2v) is 7.30. The van der Waals surface area contributed by atoms with E-state index < -0.39 is 0 Å². The maximum absolute atomic E-state index is 12.2. The van der Waals surface area contributed by atoms with E-state index in [0.717, 1.165) is 18.4 Å². The predicted octanol–water partition coefficient (Wildman–Crippen LogP) is 4.81. The van der Waals surface area contributed by atoms with Crippen LogP contribution in [0.25, 0.3) is 11.3 Å². The first kappa shape index (κ1) is 18.2. The van der Waals surface area contributed by atoms with Gasteiger partial charge in [0.1, 0.15) is 0 Å². The molecule has 2 aromatic rings. The molecule has 4 heteroatoms. The molecule has 0 radical (unpaired) electrons. The lowest BCUT2D eigenvalue weighted by Crippen LogP contribution is -2.29. The smallest absolute Gasteiger partial charge is 0.273 e. The second-order valence-electron chi connectivity index (χ2n) is 7.30. The van der Waals surface area contributed by atoms with Crippen LogP contribution in [0.2, 0.25) is 0 Å². The number of carbonyl (C=O) groups excluding carboxylic acids is 1. The third-order valence-corrected chi connectivity index (χ3v) is 4.48. The summed E-state index contributed by atoms with van der Waals surface area (Å²) >= 11 is 0. The monoisotopic (exact) mass is 328 g/mol. The fourth-order valence-electron chi connectivity index (χ4n) is 2.56. The zero-order valence-electron chi connectivity index (χ0n) is 15.3. The molecule has 4 nitrogen and oxygen atoms in total. The number of rotatable bonds is 6. The van der Waals surface area contributed by atoms with Gasteiger partial charge in [-0.3, -0.25) is 4.79 Å². The lowest BCUT2D eigenvalue weighted by atomic mass is 9.86. The van der Waals surface area contributed by atoms with Crippen LogP contribution in [-0.2, 0) is 5.41 Å². The van der Waals surface area contributed by atoms with Crippen molar-refractivity contribution in [3.05, 3.63) is 41.6 Å². The summed E-state index contributed by atoms with van der Waals surface area (Å²) in [5.74, 6) is 0.941. The molecule has 1 heterocycles. The normalized spacial score (nSPS) is 11.8. The first-order valence-electron chi connectivity index (χ1n) is 8.71. The van der Waals surface area contributed by atoms with Crippen LogP contribution in [0.5, 0.6) is 0 Å². The molecule has 0 bridgehead atoms. The molecule has 0 aliphatic rings. The topological polar surface area (TPSA) is 55.1 Å². The van der Waals surface area contributed by atoms with Crippen LogP contribution in [-0.4, -0.2) is 17.6 Å². The Morgan fingerprint density at radius 1 is 1.17 bits per heavy atom. The Bertz CT molecular complexity index is 662. The summed E-state index contributed by atoms with van der Waals surface area (Å²) in [6.45, 7) is 11.5. The van der Waals surface area contributed by atoms with Crippen molar-refractivity contribution >= 4 is 5.91 Å². The molecule has 0 saturated carbocycles. The lowest BCUT2D eigenvalue weighted by Gasteiger charge is -2.18. The van der Waals surface area contributed by atoms with Crippen LogP contribution in [0, 0.1) is 5.92 Å². The number of benzene rings is 1. The van der Waals surface area contributed by atoms with Crippen LogP contribution in [0.3, 0.4) is 0 Å². The fraction of sp³-hybridized carbons (Fsp3) is 0.500. The zero-order valence-corrected chi connectivity index (χ0v) is 15.3. The van der Waals surface area contributed by atoms with Crippen LogP contribution in [0.1, 0.15) is 63.5 Å². The number of amides is 1. The van der Waals surface area contributed by atoms with Crippen molar-refractivity contribution in [1.29, 1.82) is 0 Å². The molecule has 0 unspecified atom stereocenters. The number of carbonyl (C=O) groups is 1. The first-order valence-corrected chi connectivity index (χ1v) is 8.71. The van der Waals surface area contributed by atoms with Crippen molar-refractivity contribution in [3.8, 4) is 11.3 Å². The van der Waals surface area contributed by atoms with E-state index in [1.54, 1.807) is 6.07 Å². The van der Waals surface area contributed by atoms with Gasteiger partial charge in [-0.2, -0.15) is 0 Å². The molecule has 0 saturated heterocycles. The Morgan fingerprint density at radius 3 is 2.33 bits per heavy atom. The van der Waals surface area contributed by atoms with E-state index in [1.165, 1.54) is 5.56 Å². The molecule has 0 aliphatic heterocycles. The standard InChI is InChI=1S/C20H28N2O2/c1-6-14(7-2)13-21-19(23)17-12-18(24-22-17)15-8-10-16(11-9-15)20(3,4)5/h8-12,14H,6-7,13H2,1-5H3,(H,21,23). The molecule has 1 aromatic carbocycles. The van der Waals surface area contributed by atoms with Crippen molar-refractivity contribution in [2.45, 2.75) is 52.9 Å². The molecule has 0 spiro atoms. The van der Waals surface area contributed by atoms with E-state index in [4.69, 9.17) is 4.52 Å². The highest BCUT2D eigenvalue weighted by Crippen LogP contribution is 2.26. The van der Waals surface area contributed by atoms with Gasteiger partial charge in [0, 0.05) is 18.2 Å². The SMILES string of the molecule is CCC(CC)CNC(=O)c1cc(-c2ccc(C(C)(C)C)cc2)on1. The van der Waals surface area contributed by atoms with Gasteiger partial charge in [-0.1, -0.05) is 76.9 Å². The largest absolute Gasteiger partial charge is 0.355 e. The van der Waals surface area contributed by atoms with Crippen molar-refractivity contribution < 1.29 is 9.32 Å². The lowest BCUT2D eigenvalue weighted by molar-refractivity contribution is 0.0937. The Hall–Kier alpha value is -2.10. The molecule has 1 aromatic heterocycles. The number of nitrogens with zero attached hydrogens (tertiary/aromatic N) is 1. The highest BCUT2D eigenvalue weighted by molar-refractivity contribution is 5.93. The number of hydrogen-bond donors (Lipinski definition) is 1.